The number of imidazole rings is 1. The van der Waals surface area contributed by atoms with E-state index in [0.717, 1.165) is 30.7 Å². The van der Waals surface area contributed by atoms with Crippen molar-refractivity contribution in [1.82, 2.24) is 9.55 Å². The first kappa shape index (κ1) is 14.4. The lowest BCUT2D eigenvalue weighted by Crippen LogP contribution is -2.28. The molecule has 1 saturated carbocycles. The predicted octanol–water partition coefficient (Wildman–Crippen LogP) is 3.22. The van der Waals surface area contributed by atoms with Crippen LogP contribution in [0.3, 0.4) is 0 Å². The van der Waals surface area contributed by atoms with E-state index in [1.165, 1.54) is 32.1 Å². The molecule has 0 radical (unpaired) electrons. The molecule has 19 heavy (non-hydrogen) atoms. The molecule has 1 fully saturated rings. The molecule has 1 N–H and O–H groups in total. The lowest BCUT2D eigenvalue weighted by Gasteiger charge is -2.23. The molecule has 1 aliphatic carbocycles. The fourth-order valence-corrected chi connectivity index (χ4v) is 2.90. The smallest absolute Gasteiger partial charge is 0.203 e. The summed E-state index contributed by atoms with van der Waals surface area (Å²) < 4.78 is 7.34. The van der Waals surface area contributed by atoms with Crippen LogP contribution < -0.4 is 5.32 Å². The lowest BCUT2D eigenvalue weighted by atomic mass is 9.97. The zero-order chi connectivity index (χ0) is 13.7. The van der Waals surface area contributed by atoms with Crippen LogP contribution in [0.4, 0.5) is 5.95 Å². The van der Waals surface area contributed by atoms with Crippen LogP contribution in [0.5, 0.6) is 0 Å². The van der Waals surface area contributed by atoms with E-state index in [9.17, 15) is 0 Å². The van der Waals surface area contributed by atoms with Gasteiger partial charge in [-0.15, -0.1) is 0 Å². The Kier molecular flexibility index (Phi) is 5.25. The SMILES string of the molecule is COCCn1cc(C)nc1NC1CCCCCC1C. The van der Waals surface area contributed by atoms with Crippen LogP contribution >= 0.6 is 0 Å². The molecule has 4 heteroatoms. The molecule has 0 saturated heterocycles. The summed E-state index contributed by atoms with van der Waals surface area (Å²) in [6, 6.07) is 0.561. The van der Waals surface area contributed by atoms with E-state index in [4.69, 9.17) is 4.74 Å². The molecule has 0 bridgehead atoms. The van der Waals surface area contributed by atoms with Crippen molar-refractivity contribution in [3.8, 4) is 0 Å². The van der Waals surface area contributed by atoms with Gasteiger partial charge in [-0.3, -0.25) is 0 Å². The highest BCUT2D eigenvalue weighted by Crippen LogP contribution is 2.25. The van der Waals surface area contributed by atoms with Gasteiger partial charge in [0.05, 0.1) is 12.3 Å². The van der Waals surface area contributed by atoms with Crippen LogP contribution in [0.1, 0.15) is 44.7 Å². The van der Waals surface area contributed by atoms with E-state index in [1.807, 2.05) is 6.92 Å². The molecule has 2 unspecified atom stereocenters. The quantitative estimate of drug-likeness (QED) is 0.831. The maximum absolute atomic E-state index is 5.16. The summed E-state index contributed by atoms with van der Waals surface area (Å²) in [5.41, 5.74) is 1.07. The van der Waals surface area contributed by atoms with Gasteiger partial charge in [-0.05, 0) is 25.7 Å². The summed E-state index contributed by atoms with van der Waals surface area (Å²) in [6.07, 6.45) is 8.77. The third-order valence-electron chi connectivity index (χ3n) is 4.11. The Morgan fingerprint density at radius 3 is 2.95 bits per heavy atom. The van der Waals surface area contributed by atoms with Gasteiger partial charge < -0.3 is 14.6 Å². The van der Waals surface area contributed by atoms with E-state index >= 15 is 0 Å². The minimum atomic E-state index is 0.561. The van der Waals surface area contributed by atoms with Crippen molar-refractivity contribution in [3.05, 3.63) is 11.9 Å². The fourth-order valence-electron chi connectivity index (χ4n) is 2.90. The average Bonchev–Trinajstić information content (AvgIpc) is 2.61. The first-order valence-electron chi connectivity index (χ1n) is 7.50. The second-order valence-electron chi connectivity index (χ2n) is 5.76. The number of nitrogens with one attached hydrogen (secondary N) is 1. The van der Waals surface area contributed by atoms with Gasteiger partial charge in [0.25, 0.3) is 0 Å². The summed E-state index contributed by atoms with van der Waals surface area (Å²) in [5, 5.41) is 3.67. The number of rotatable bonds is 5. The molecule has 2 atom stereocenters. The molecule has 0 spiro atoms. The van der Waals surface area contributed by atoms with Gasteiger partial charge in [0.1, 0.15) is 0 Å². The first-order chi connectivity index (χ1) is 9.20. The lowest BCUT2D eigenvalue weighted by molar-refractivity contribution is 0.187. The number of aryl methyl sites for hydroxylation is 1. The van der Waals surface area contributed by atoms with Crippen molar-refractivity contribution >= 4 is 5.95 Å². The van der Waals surface area contributed by atoms with E-state index in [-0.39, 0.29) is 0 Å². The van der Waals surface area contributed by atoms with E-state index in [1.54, 1.807) is 7.11 Å². The van der Waals surface area contributed by atoms with Crippen LogP contribution in [0, 0.1) is 12.8 Å². The zero-order valence-electron chi connectivity index (χ0n) is 12.5. The number of hydrogen-bond acceptors (Lipinski definition) is 3. The van der Waals surface area contributed by atoms with Crippen molar-refractivity contribution in [3.63, 3.8) is 0 Å². The van der Waals surface area contributed by atoms with Gasteiger partial charge >= 0.3 is 0 Å². The third kappa shape index (κ3) is 3.96. The summed E-state index contributed by atoms with van der Waals surface area (Å²) >= 11 is 0. The second kappa shape index (κ2) is 6.94. The van der Waals surface area contributed by atoms with Gasteiger partial charge in [-0.2, -0.15) is 0 Å². The standard InChI is InChI=1S/C15H27N3O/c1-12-7-5-4-6-8-14(12)17-15-16-13(2)11-18(15)9-10-19-3/h11-12,14H,4-10H2,1-3H3,(H,16,17). The van der Waals surface area contributed by atoms with E-state index in [2.05, 4.69) is 28.0 Å². The Hall–Kier alpha value is -1.03. The minimum Gasteiger partial charge on any atom is -0.383 e. The maximum Gasteiger partial charge on any atom is 0.203 e. The van der Waals surface area contributed by atoms with E-state index < -0.39 is 0 Å². The summed E-state index contributed by atoms with van der Waals surface area (Å²) in [6.45, 7) is 5.99. The van der Waals surface area contributed by atoms with Gasteiger partial charge in [-0.1, -0.05) is 26.2 Å². The molecule has 4 nitrogen and oxygen atoms in total. The molecule has 2 rings (SSSR count). The molecule has 1 aromatic heterocycles. The fraction of sp³-hybridized carbons (Fsp3) is 0.800. The molecule has 1 aliphatic rings. The molecule has 1 aromatic rings. The van der Waals surface area contributed by atoms with Crippen molar-refractivity contribution < 1.29 is 4.74 Å². The van der Waals surface area contributed by atoms with Crippen molar-refractivity contribution in [2.75, 3.05) is 19.0 Å². The molecule has 1 heterocycles. The number of nitrogens with zero attached hydrogens (tertiary/aromatic N) is 2. The Labute approximate surface area is 116 Å². The highest BCUT2D eigenvalue weighted by molar-refractivity contribution is 5.30. The summed E-state index contributed by atoms with van der Waals surface area (Å²) in [5.74, 6) is 1.74. The Morgan fingerprint density at radius 2 is 2.16 bits per heavy atom. The predicted molar refractivity (Wildman–Crippen MR) is 78.5 cm³/mol. The molecule has 108 valence electrons. The van der Waals surface area contributed by atoms with Gasteiger partial charge in [0.2, 0.25) is 5.95 Å². The third-order valence-corrected chi connectivity index (χ3v) is 4.11. The highest BCUT2D eigenvalue weighted by Gasteiger charge is 2.21. The van der Waals surface area contributed by atoms with Crippen molar-refractivity contribution in [2.45, 2.75) is 58.5 Å². The van der Waals surface area contributed by atoms with Gasteiger partial charge in [0.15, 0.2) is 0 Å². The summed E-state index contributed by atoms with van der Waals surface area (Å²) in [4.78, 5) is 4.62. The van der Waals surface area contributed by atoms with Crippen LogP contribution in [0.2, 0.25) is 0 Å². The zero-order valence-corrected chi connectivity index (χ0v) is 12.5. The molecular formula is C15H27N3O. The van der Waals surface area contributed by atoms with Gasteiger partial charge in [-0.25, -0.2) is 4.98 Å². The van der Waals surface area contributed by atoms with Crippen molar-refractivity contribution in [2.24, 2.45) is 5.92 Å². The Balaban J connectivity index is 2.04. The van der Waals surface area contributed by atoms with Crippen LogP contribution in [-0.4, -0.2) is 29.3 Å². The van der Waals surface area contributed by atoms with E-state index in [0.29, 0.717) is 6.04 Å². The number of ether oxygens (including phenoxy) is 1. The Morgan fingerprint density at radius 1 is 1.37 bits per heavy atom. The minimum absolute atomic E-state index is 0.561. The maximum atomic E-state index is 5.16. The van der Waals surface area contributed by atoms with Crippen molar-refractivity contribution in [1.29, 1.82) is 0 Å². The molecule has 0 aromatic carbocycles. The topological polar surface area (TPSA) is 39.1 Å². The second-order valence-corrected chi connectivity index (χ2v) is 5.76. The largest absolute Gasteiger partial charge is 0.383 e. The number of aromatic nitrogens is 2. The molecule has 0 amide bonds. The monoisotopic (exact) mass is 265 g/mol. The van der Waals surface area contributed by atoms with Crippen LogP contribution in [-0.2, 0) is 11.3 Å². The number of hydrogen-bond donors (Lipinski definition) is 1. The van der Waals surface area contributed by atoms with Gasteiger partial charge in [0, 0.05) is 25.9 Å². The summed E-state index contributed by atoms with van der Waals surface area (Å²) in [7, 11) is 1.74. The highest BCUT2D eigenvalue weighted by atomic mass is 16.5. The Bertz CT molecular complexity index is 389. The van der Waals surface area contributed by atoms with Crippen LogP contribution in [0.15, 0.2) is 6.20 Å². The normalized spacial score (nSPS) is 24.2. The number of methoxy groups -OCH3 is 1. The first-order valence-corrected chi connectivity index (χ1v) is 7.50. The number of anilines is 1. The molecular weight excluding hydrogens is 238 g/mol. The molecule has 0 aliphatic heterocycles. The average molecular weight is 265 g/mol. The van der Waals surface area contributed by atoms with Crippen LogP contribution in [0.25, 0.3) is 0 Å².